The summed E-state index contributed by atoms with van der Waals surface area (Å²) in [6.45, 7) is 7.84. The van der Waals surface area contributed by atoms with Crippen LogP contribution in [0.5, 0.6) is 0 Å². The summed E-state index contributed by atoms with van der Waals surface area (Å²) in [7, 11) is 0. The average Bonchev–Trinajstić information content (AvgIpc) is 3.53. The summed E-state index contributed by atoms with van der Waals surface area (Å²) in [5.74, 6) is -0.411. The Hall–Kier alpha value is -4.76. The Morgan fingerprint density at radius 2 is 1.39 bits per heavy atom. The number of Topliss-reactive ketones (excluding diaryl/α,β-unsaturated/α-hetero) is 1. The van der Waals surface area contributed by atoms with Crippen LogP contribution in [0.4, 0.5) is 4.79 Å². The SMILES string of the molecule is CC(C)(C)C[C@H](NC(=O)N1CCOCC1)C(=O)N[C@@H](CCc1ccccc1)C(=O)c1oc(-c2ccccc2)nc1-c1ccccc1. The van der Waals surface area contributed by atoms with E-state index >= 15 is 0 Å². The molecule has 2 heterocycles. The number of carbonyl (C=O) groups excluding carboxylic acids is 3. The Morgan fingerprint density at radius 1 is 0.804 bits per heavy atom. The molecule has 0 radical (unpaired) electrons. The molecule has 9 heteroatoms. The molecule has 0 saturated carbocycles. The number of urea groups is 1. The summed E-state index contributed by atoms with van der Waals surface area (Å²) < 4.78 is 11.6. The maximum absolute atomic E-state index is 14.5. The number of ketones is 1. The highest BCUT2D eigenvalue weighted by Gasteiger charge is 2.34. The summed E-state index contributed by atoms with van der Waals surface area (Å²) in [4.78, 5) is 48.1. The lowest BCUT2D eigenvalue weighted by Gasteiger charge is -2.32. The first kappa shape index (κ1) is 32.6. The van der Waals surface area contributed by atoms with Gasteiger partial charge in [-0.15, -0.1) is 0 Å². The second-order valence-corrected chi connectivity index (χ2v) is 12.7. The molecule has 0 bridgehead atoms. The van der Waals surface area contributed by atoms with Crippen molar-refractivity contribution in [1.29, 1.82) is 0 Å². The number of amides is 3. The number of carbonyl (C=O) groups is 3. The second-order valence-electron chi connectivity index (χ2n) is 12.7. The first-order valence-electron chi connectivity index (χ1n) is 15.8. The Kier molecular flexibility index (Phi) is 10.6. The molecule has 1 fully saturated rings. The highest BCUT2D eigenvalue weighted by molar-refractivity contribution is 6.04. The van der Waals surface area contributed by atoms with Gasteiger partial charge in [0.05, 0.1) is 19.3 Å². The lowest BCUT2D eigenvalue weighted by molar-refractivity contribution is -0.124. The molecule has 9 nitrogen and oxygen atoms in total. The van der Waals surface area contributed by atoms with Crippen LogP contribution in [0.2, 0.25) is 0 Å². The molecule has 0 unspecified atom stereocenters. The van der Waals surface area contributed by atoms with Crippen molar-refractivity contribution >= 4 is 17.7 Å². The van der Waals surface area contributed by atoms with Crippen molar-refractivity contribution < 1.29 is 23.5 Å². The number of hydrogen-bond donors (Lipinski definition) is 2. The zero-order valence-corrected chi connectivity index (χ0v) is 26.7. The smallest absolute Gasteiger partial charge is 0.318 e. The molecule has 2 N–H and O–H groups in total. The lowest BCUT2D eigenvalue weighted by Crippen LogP contribution is -2.56. The number of nitrogens with one attached hydrogen (secondary N) is 2. The van der Waals surface area contributed by atoms with E-state index in [0.29, 0.717) is 57.2 Å². The molecule has 0 spiro atoms. The van der Waals surface area contributed by atoms with Gasteiger partial charge in [-0.1, -0.05) is 99.6 Å². The summed E-state index contributed by atoms with van der Waals surface area (Å²) in [5, 5.41) is 5.95. The third-order valence-corrected chi connectivity index (χ3v) is 7.85. The Labute approximate surface area is 270 Å². The van der Waals surface area contributed by atoms with Gasteiger partial charge < -0.3 is 24.7 Å². The van der Waals surface area contributed by atoms with E-state index in [0.717, 1.165) is 16.7 Å². The molecule has 1 aliphatic rings. The van der Waals surface area contributed by atoms with Crippen molar-refractivity contribution in [1.82, 2.24) is 20.5 Å². The van der Waals surface area contributed by atoms with Crippen LogP contribution in [0.1, 0.15) is 49.7 Å². The van der Waals surface area contributed by atoms with Crippen LogP contribution in [0.3, 0.4) is 0 Å². The summed E-state index contributed by atoms with van der Waals surface area (Å²) in [6.07, 6.45) is 1.25. The van der Waals surface area contributed by atoms with Crippen LogP contribution in [-0.4, -0.2) is 66.0 Å². The topological polar surface area (TPSA) is 114 Å². The predicted molar refractivity (Wildman–Crippen MR) is 177 cm³/mol. The minimum Gasteiger partial charge on any atom is -0.432 e. The molecule has 1 saturated heterocycles. The van der Waals surface area contributed by atoms with Crippen LogP contribution in [-0.2, 0) is 16.0 Å². The molecule has 240 valence electrons. The fourth-order valence-electron chi connectivity index (χ4n) is 5.47. The van der Waals surface area contributed by atoms with Crippen LogP contribution >= 0.6 is 0 Å². The van der Waals surface area contributed by atoms with Gasteiger partial charge in [-0.2, -0.15) is 0 Å². The number of benzene rings is 3. The van der Waals surface area contributed by atoms with E-state index in [1.807, 2.05) is 112 Å². The van der Waals surface area contributed by atoms with Crippen LogP contribution < -0.4 is 10.6 Å². The average molecular weight is 623 g/mol. The van der Waals surface area contributed by atoms with E-state index in [-0.39, 0.29) is 23.0 Å². The van der Waals surface area contributed by atoms with E-state index < -0.39 is 18.0 Å². The third kappa shape index (κ3) is 8.69. The summed E-state index contributed by atoms with van der Waals surface area (Å²) in [5.41, 5.74) is 2.63. The van der Waals surface area contributed by atoms with Gasteiger partial charge in [0.2, 0.25) is 23.3 Å². The van der Waals surface area contributed by atoms with Gasteiger partial charge in [0, 0.05) is 24.2 Å². The van der Waals surface area contributed by atoms with Gasteiger partial charge in [0.1, 0.15) is 11.7 Å². The number of aromatic nitrogens is 1. The van der Waals surface area contributed by atoms with Crippen molar-refractivity contribution in [2.75, 3.05) is 26.3 Å². The number of oxazole rings is 1. The normalized spacial score (nSPS) is 14.7. The summed E-state index contributed by atoms with van der Waals surface area (Å²) >= 11 is 0. The van der Waals surface area contributed by atoms with Crippen molar-refractivity contribution in [2.45, 2.75) is 52.1 Å². The van der Waals surface area contributed by atoms with E-state index in [4.69, 9.17) is 14.1 Å². The van der Waals surface area contributed by atoms with Gasteiger partial charge >= 0.3 is 6.03 Å². The third-order valence-electron chi connectivity index (χ3n) is 7.85. The van der Waals surface area contributed by atoms with Gasteiger partial charge in [-0.3, -0.25) is 9.59 Å². The molecule has 46 heavy (non-hydrogen) atoms. The monoisotopic (exact) mass is 622 g/mol. The minimum absolute atomic E-state index is 0.0770. The number of rotatable bonds is 11. The zero-order valence-electron chi connectivity index (χ0n) is 26.7. The first-order chi connectivity index (χ1) is 22.2. The largest absolute Gasteiger partial charge is 0.432 e. The van der Waals surface area contributed by atoms with Gasteiger partial charge in [0.15, 0.2) is 0 Å². The van der Waals surface area contributed by atoms with E-state index in [1.54, 1.807) is 4.90 Å². The second kappa shape index (κ2) is 15.0. The van der Waals surface area contributed by atoms with Crippen molar-refractivity contribution in [3.8, 4) is 22.7 Å². The molecule has 1 aliphatic heterocycles. The fraction of sp³-hybridized carbons (Fsp3) is 0.351. The first-order valence-corrected chi connectivity index (χ1v) is 15.8. The molecular weight excluding hydrogens is 580 g/mol. The predicted octanol–water partition coefficient (Wildman–Crippen LogP) is 6.16. The minimum atomic E-state index is -0.936. The van der Waals surface area contributed by atoms with Gasteiger partial charge in [-0.25, -0.2) is 9.78 Å². The Bertz CT molecular complexity index is 1590. The van der Waals surface area contributed by atoms with Crippen LogP contribution in [0, 0.1) is 5.41 Å². The molecule has 3 amide bonds. The highest BCUT2D eigenvalue weighted by Crippen LogP contribution is 2.31. The molecule has 3 aromatic carbocycles. The zero-order chi connectivity index (χ0) is 32.5. The maximum atomic E-state index is 14.5. The number of morpholine rings is 1. The van der Waals surface area contributed by atoms with Crippen LogP contribution in [0.25, 0.3) is 22.7 Å². The quantitative estimate of drug-likeness (QED) is 0.194. The number of nitrogens with zero attached hydrogens (tertiary/aromatic N) is 2. The maximum Gasteiger partial charge on any atom is 0.318 e. The highest BCUT2D eigenvalue weighted by atomic mass is 16.5. The number of hydrogen-bond acceptors (Lipinski definition) is 6. The molecular formula is C37H42N4O5. The van der Waals surface area contributed by atoms with Crippen LogP contribution in [0.15, 0.2) is 95.4 Å². The molecule has 5 rings (SSSR count). The van der Waals surface area contributed by atoms with Crippen molar-refractivity contribution in [3.05, 3.63) is 102 Å². The number of aryl methyl sites for hydroxylation is 1. The molecule has 1 aromatic heterocycles. The van der Waals surface area contributed by atoms with E-state index in [1.165, 1.54) is 0 Å². The summed E-state index contributed by atoms with van der Waals surface area (Å²) in [6, 6.07) is 26.5. The Balaban J connectivity index is 1.46. The van der Waals surface area contributed by atoms with E-state index in [2.05, 4.69) is 10.6 Å². The standard InChI is InChI=1S/C37H42N4O5/c1-37(2,3)25-30(39-36(44)41-21-23-45-24-22-41)34(43)38-29(20-19-26-13-7-4-8-14-26)32(42)33-31(27-15-9-5-10-16-27)40-35(46-33)28-17-11-6-12-18-28/h4-18,29-30H,19-25H2,1-3H3,(H,38,43)(H,39,44)/t29-,30-/m0/s1. The molecule has 4 aromatic rings. The van der Waals surface area contributed by atoms with Gasteiger partial charge in [0.25, 0.3) is 0 Å². The fourth-order valence-corrected chi connectivity index (χ4v) is 5.47. The van der Waals surface area contributed by atoms with Crippen molar-refractivity contribution in [3.63, 3.8) is 0 Å². The molecule has 2 atom stereocenters. The number of ether oxygens (including phenoxy) is 1. The lowest BCUT2D eigenvalue weighted by atomic mass is 9.87. The van der Waals surface area contributed by atoms with Gasteiger partial charge in [-0.05, 0) is 42.4 Å². The van der Waals surface area contributed by atoms with E-state index in [9.17, 15) is 14.4 Å². The van der Waals surface area contributed by atoms with Crippen molar-refractivity contribution in [2.24, 2.45) is 5.41 Å². The molecule has 0 aliphatic carbocycles. The Morgan fingerprint density at radius 3 is 2.00 bits per heavy atom.